The molecule has 0 saturated carbocycles. The molecule has 0 fully saturated rings. The van der Waals surface area contributed by atoms with Crippen molar-refractivity contribution in [3.8, 4) is 0 Å². The standard InChI is InChI=1S/C21H23Cl2N5O4/c1-2-5-28(11-19(30)27-17-4-3-14(22)9-16(17)23)10-18(29)26-15-7-12(20(24)31)6-13(8-15)21(25)32/h3-4,6-9H,2,5,10-11H2,1H3,(H2,24,31)(H2,25,32)(H,26,29)(H,27,30). The number of anilines is 2. The van der Waals surface area contributed by atoms with Crippen molar-refractivity contribution in [2.75, 3.05) is 30.3 Å². The maximum absolute atomic E-state index is 12.5. The zero-order chi connectivity index (χ0) is 23.8. The Morgan fingerprint density at radius 3 is 1.94 bits per heavy atom. The topological polar surface area (TPSA) is 148 Å². The summed E-state index contributed by atoms with van der Waals surface area (Å²) in [7, 11) is 0. The van der Waals surface area contributed by atoms with E-state index in [0.29, 0.717) is 28.7 Å². The molecule has 0 radical (unpaired) electrons. The van der Waals surface area contributed by atoms with Gasteiger partial charge in [-0.05, 0) is 49.4 Å². The van der Waals surface area contributed by atoms with E-state index in [-0.39, 0.29) is 35.8 Å². The largest absolute Gasteiger partial charge is 0.366 e. The van der Waals surface area contributed by atoms with Crippen LogP contribution in [0.2, 0.25) is 10.0 Å². The highest BCUT2D eigenvalue weighted by atomic mass is 35.5. The van der Waals surface area contributed by atoms with E-state index >= 15 is 0 Å². The van der Waals surface area contributed by atoms with E-state index in [1.165, 1.54) is 24.3 Å². The molecule has 32 heavy (non-hydrogen) atoms. The van der Waals surface area contributed by atoms with Crippen molar-refractivity contribution in [2.24, 2.45) is 11.5 Å². The Hall–Kier alpha value is -3.14. The summed E-state index contributed by atoms with van der Waals surface area (Å²) in [5.74, 6) is -2.35. The predicted molar refractivity (Wildman–Crippen MR) is 124 cm³/mol. The molecule has 0 bridgehead atoms. The van der Waals surface area contributed by atoms with Crippen LogP contribution in [0.25, 0.3) is 0 Å². The number of primary amides is 2. The molecule has 0 aromatic heterocycles. The number of carbonyl (C=O) groups is 4. The Balaban J connectivity index is 2.05. The molecule has 2 aromatic rings. The van der Waals surface area contributed by atoms with Crippen molar-refractivity contribution < 1.29 is 19.2 Å². The summed E-state index contributed by atoms with van der Waals surface area (Å²) >= 11 is 11.9. The first-order chi connectivity index (χ1) is 15.1. The van der Waals surface area contributed by atoms with Gasteiger partial charge in [-0.3, -0.25) is 24.1 Å². The van der Waals surface area contributed by atoms with E-state index < -0.39 is 17.7 Å². The predicted octanol–water partition coefficient (Wildman–Crippen LogP) is 2.48. The second-order valence-corrected chi connectivity index (χ2v) is 7.80. The van der Waals surface area contributed by atoms with E-state index in [4.69, 9.17) is 34.7 Å². The smallest absolute Gasteiger partial charge is 0.248 e. The fourth-order valence-electron chi connectivity index (χ4n) is 2.90. The van der Waals surface area contributed by atoms with Gasteiger partial charge < -0.3 is 22.1 Å². The lowest BCUT2D eigenvalue weighted by Crippen LogP contribution is -2.39. The summed E-state index contributed by atoms with van der Waals surface area (Å²) in [5, 5.41) is 6.02. The van der Waals surface area contributed by atoms with Gasteiger partial charge in [-0.1, -0.05) is 30.1 Å². The highest BCUT2D eigenvalue weighted by Crippen LogP contribution is 2.25. The van der Waals surface area contributed by atoms with Gasteiger partial charge in [0.2, 0.25) is 23.6 Å². The molecule has 6 N–H and O–H groups in total. The maximum Gasteiger partial charge on any atom is 0.248 e. The third-order valence-corrected chi connectivity index (χ3v) is 4.81. The van der Waals surface area contributed by atoms with Crippen LogP contribution in [0.15, 0.2) is 36.4 Å². The summed E-state index contributed by atoms with van der Waals surface area (Å²) in [6.45, 7) is 2.22. The van der Waals surface area contributed by atoms with E-state index in [1.807, 2.05) is 6.92 Å². The Labute approximate surface area is 195 Å². The number of nitrogens with zero attached hydrogens (tertiary/aromatic N) is 1. The Bertz CT molecular complexity index is 1010. The molecular weight excluding hydrogens is 457 g/mol. The average Bonchev–Trinajstić information content (AvgIpc) is 2.69. The third-order valence-electron chi connectivity index (χ3n) is 4.27. The molecule has 0 atom stereocenters. The van der Waals surface area contributed by atoms with Crippen LogP contribution in [0.5, 0.6) is 0 Å². The fourth-order valence-corrected chi connectivity index (χ4v) is 3.36. The second-order valence-electron chi connectivity index (χ2n) is 6.96. The van der Waals surface area contributed by atoms with E-state index in [1.54, 1.807) is 17.0 Å². The minimum atomic E-state index is -0.770. The molecule has 2 rings (SSSR count). The average molecular weight is 480 g/mol. The van der Waals surface area contributed by atoms with Crippen LogP contribution in [0.4, 0.5) is 11.4 Å². The first kappa shape index (κ1) is 25.1. The van der Waals surface area contributed by atoms with Gasteiger partial charge in [-0.25, -0.2) is 0 Å². The minimum Gasteiger partial charge on any atom is -0.366 e. The minimum absolute atomic E-state index is 0.0289. The highest BCUT2D eigenvalue weighted by molar-refractivity contribution is 6.36. The molecule has 0 aliphatic carbocycles. The van der Waals surface area contributed by atoms with E-state index in [9.17, 15) is 19.2 Å². The number of hydrogen-bond acceptors (Lipinski definition) is 5. The molecule has 0 saturated heterocycles. The lowest BCUT2D eigenvalue weighted by Gasteiger charge is -2.21. The van der Waals surface area contributed by atoms with Crippen molar-refractivity contribution in [3.05, 3.63) is 57.6 Å². The van der Waals surface area contributed by atoms with Crippen molar-refractivity contribution >= 4 is 58.2 Å². The zero-order valence-corrected chi connectivity index (χ0v) is 18.8. The zero-order valence-electron chi connectivity index (χ0n) is 17.3. The van der Waals surface area contributed by atoms with Gasteiger partial charge in [-0.15, -0.1) is 0 Å². The first-order valence-corrected chi connectivity index (χ1v) is 10.4. The summed E-state index contributed by atoms with van der Waals surface area (Å²) < 4.78 is 0. The molecule has 9 nitrogen and oxygen atoms in total. The second kappa shape index (κ2) is 11.5. The Kier molecular flexibility index (Phi) is 9.01. The molecule has 11 heteroatoms. The van der Waals surface area contributed by atoms with Gasteiger partial charge in [0.1, 0.15) is 0 Å². The molecule has 2 aromatic carbocycles. The van der Waals surface area contributed by atoms with E-state index in [0.717, 1.165) is 0 Å². The Morgan fingerprint density at radius 2 is 1.44 bits per heavy atom. The monoisotopic (exact) mass is 479 g/mol. The van der Waals surface area contributed by atoms with Crippen molar-refractivity contribution in [1.82, 2.24) is 4.90 Å². The Morgan fingerprint density at radius 1 is 0.875 bits per heavy atom. The lowest BCUT2D eigenvalue weighted by atomic mass is 10.1. The number of nitrogens with two attached hydrogens (primary N) is 2. The number of rotatable bonds is 10. The van der Waals surface area contributed by atoms with Crippen molar-refractivity contribution in [1.29, 1.82) is 0 Å². The van der Waals surface area contributed by atoms with Gasteiger partial charge in [0.05, 0.1) is 23.8 Å². The van der Waals surface area contributed by atoms with Crippen LogP contribution in [0.3, 0.4) is 0 Å². The lowest BCUT2D eigenvalue weighted by molar-refractivity contribution is -0.120. The molecule has 0 unspecified atom stereocenters. The fraction of sp³-hybridized carbons (Fsp3) is 0.238. The summed E-state index contributed by atoms with van der Waals surface area (Å²) in [6.07, 6.45) is 0.700. The molecule has 0 heterocycles. The number of hydrogen-bond donors (Lipinski definition) is 4. The number of nitrogens with one attached hydrogen (secondary N) is 2. The molecule has 0 aliphatic rings. The quantitative estimate of drug-likeness (QED) is 0.413. The summed E-state index contributed by atoms with van der Waals surface area (Å²) in [6, 6.07) is 8.62. The highest BCUT2D eigenvalue weighted by Gasteiger charge is 2.17. The van der Waals surface area contributed by atoms with Crippen LogP contribution in [-0.4, -0.2) is 48.2 Å². The molecule has 0 aliphatic heterocycles. The van der Waals surface area contributed by atoms with Gasteiger partial charge in [0.15, 0.2) is 0 Å². The van der Waals surface area contributed by atoms with Gasteiger partial charge in [-0.2, -0.15) is 0 Å². The SMILES string of the molecule is CCCN(CC(=O)Nc1cc(C(N)=O)cc(C(N)=O)c1)CC(=O)Nc1ccc(Cl)cc1Cl. The van der Waals surface area contributed by atoms with Crippen LogP contribution in [-0.2, 0) is 9.59 Å². The van der Waals surface area contributed by atoms with Gasteiger partial charge >= 0.3 is 0 Å². The summed E-state index contributed by atoms with van der Waals surface area (Å²) in [4.78, 5) is 49.6. The van der Waals surface area contributed by atoms with Gasteiger partial charge in [0, 0.05) is 21.8 Å². The number of carbonyl (C=O) groups excluding carboxylic acids is 4. The number of amides is 4. The molecule has 4 amide bonds. The molecule has 170 valence electrons. The van der Waals surface area contributed by atoms with Crippen LogP contribution in [0.1, 0.15) is 34.1 Å². The summed E-state index contributed by atoms with van der Waals surface area (Å²) in [5.41, 5.74) is 11.2. The van der Waals surface area contributed by atoms with Crippen LogP contribution < -0.4 is 22.1 Å². The van der Waals surface area contributed by atoms with Crippen molar-refractivity contribution in [2.45, 2.75) is 13.3 Å². The van der Waals surface area contributed by atoms with Crippen molar-refractivity contribution in [3.63, 3.8) is 0 Å². The maximum atomic E-state index is 12.5. The molecule has 0 spiro atoms. The number of benzene rings is 2. The first-order valence-electron chi connectivity index (χ1n) is 9.60. The number of halogens is 2. The van der Waals surface area contributed by atoms with E-state index in [2.05, 4.69) is 10.6 Å². The normalized spacial score (nSPS) is 10.6. The van der Waals surface area contributed by atoms with Crippen LogP contribution in [0, 0.1) is 0 Å². The third kappa shape index (κ3) is 7.52. The van der Waals surface area contributed by atoms with Gasteiger partial charge in [0.25, 0.3) is 0 Å². The van der Waals surface area contributed by atoms with Crippen LogP contribution >= 0.6 is 23.2 Å². The molecular formula is C21H23Cl2N5O4.